The van der Waals surface area contributed by atoms with Crippen LogP contribution in [0.3, 0.4) is 0 Å². The first-order valence-electron chi connectivity index (χ1n) is 51.5. The van der Waals surface area contributed by atoms with Crippen molar-refractivity contribution in [2.75, 3.05) is 133 Å². The largest absolute Gasteiger partial charge is 0.493 e. The minimum Gasteiger partial charge on any atom is -0.493 e. The molecule has 1 aliphatic heterocycles. The van der Waals surface area contributed by atoms with Crippen LogP contribution in [-0.4, -0.2) is 133 Å². The number of benzene rings is 10. The first kappa shape index (κ1) is 103. The van der Waals surface area contributed by atoms with Crippen molar-refractivity contribution < 1.29 is 85.3 Å². The number of rotatable bonds is 62. The molecule has 0 aromatic heterocycles. The molecule has 0 fully saturated rings. The van der Waals surface area contributed by atoms with E-state index < -0.39 is 0 Å². The summed E-state index contributed by atoms with van der Waals surface area (Å²) in [5.41, 5.74) is 2.43. The number of methoxy groups -OCH3 is 2. The Hall–Kier alpha value is -9.52. The van der Waals surface area contributed by atoms with Crippen molar-refractivity contribution in [3.05, 3.63) is 120 Å². The fourth-order valence-corrected chi connectivity index (χ4v) is 17.3. The predicted octanol–water partition coefficient (Wildman–Crippen LogP) is 30.4. The van der Waals surface area contributed by atoms with Crippen molar-refractivity contribution in [2.24, 2.45) is 0 Å². The van der Waals surface area contributed by atoms with Crippen LogP contribution in [0.4, 0.5) is 0 Å². The van der Waals surface area contributed by atoms with Gasteiger partial charge in [0.05, 0.1) is 107 Å². The van der Waals surface area contributed by atoms with E-state index in [1.54, 1.807) is 14.2 Å². The molecule has 0 saturated carbocycles. The van der Waals surface area contributed by atoms with Gasteiger partial charge < -0.3 is 85.3 Å². The summed E-state index contributed by atoms with van der Waals surface area (Å²) in [6.45, 7) is 27.0. The maximum Gasteiger partial charge on any atom is 0.161 e. The molecule has 1 aliphatic rings. The van der Waals surface area contributed by atoms with Crippen LogP contribution in [0.15, 0.2) is 109 Å². The highest BCUT2D eigenvalue weighted by atomic mass is 16.6. The van der Waals surface area contributed by atoms with Crippen LogP contribution in [0.2, 0.25) is 0 Å². The maximum atomic E-state index is 6.72. The predicted molar refractivity (Wildman–Crippen MR) is 541 cm³/mol. The zero-order chi connectivity index (χ0) is 92.4. The summed E-state index contributed by atoms with van der Waals surface area (Å²) in [6.07, 6.45) is 40.4. The molecule has 18 heteroatoms. The molecule has 132 heavy (non-hydrogen) atoms. The average molecular weight is 1820 g/mol. The maximum absolute atomic E-state index is 6.72. The van der Waals surface area contributed by atoms with Crippen LogP contribution < -0.4 is 75.8 Å². The third-order valence-corrected chi connectivity index (χ3v) is 24.9. The minimum atomic E-state index is 0.370. The van der Waals surface area contributed by atoms with Gasteiger partial charge in [-0.15, -0.1) is 0 Å². The van der Waals surface area contributed by atoms with Gasteiger partial charge in [-0.05, 0) is 263 Å². The van der Waals surface area contributed by atoms with E-state index in [0.29, 0.717) is 153 Å². The molecule has 724 valence electrons. The Morgan fingerprint density at radius 1 is 0.182 bits per heavy atom. The SMILES string of the molecule is CCCCCOc1cc2c3cc(OC)c(OCCCCCCCCc4ccc5c(c4)OCCOCCOc4cc(CCCCCCCCOc6cc7c(cc6OC)c6cc(OCCCCC)c(OCCCCC)cc6c6cc(OCCCCC)c(OCCCCC)cc76)ccc4OCCOCCO5)cc3c3cc(OCCCCC)c(OCCCCC)cc3c2cc1OCCCCC. The molecule has 1 heterocycles. The van der Waals surface area contributed by atoms with Crippen LogP contribution >= 0.6 is 0 Å². The molecule has 0 bridgehead atoms. The summed E-state index contributed by atoms with van der Waals surface area (Å²) in [5, 5.41) is 12.7. The summed E-state index contributed by atoms with van der Waals surface area (Å²) in [6, 6.07) is 38.8. The second-order valence-electron chi connectivity index (χ2n) is 35.5. The first-order chi connectivity index (χ1) is 65.2. The minimum absolute atomic E-state index is 0.370. The van der Waals surface area contributed by atoms with Crippen LogP contribution in [0.1, 0.15) is 298 Å². The molecule has 0 spiro atoms. The summed E-state index contributed by atoms with van der Waals surface area (Å²) in [4.78, 5) is 0. The molecule has 0 radical (unpaired) electrons. The molecule has 0 amide bonds. The summed E-state index contributed by atoms with van der Waals surface area (Å²) in [5.74, 6) is 11.8. The van der Waals surface area contributed by atoms with Gasteiger partial charge in [-0.25, -0.2) is 0 Å². The second kappa shape index (κ2) is 59.3. The highest BCUT2D eigenvalue weighted by Gasteiger charge is 2.25. The summed E-state index contributed by atoms with van der Waals surface area (Å²) >= 11 is 0. The Kier molecular flexibility index (Phi) is 46.2. The molecule has 0 N–H and O–H groups in total. The van der Waals surface area contributed by atoms with Crippen molar-refractivity contribution in [1.82, 2.24) is 0 Å². The highest BCUT2D eigenvalue weighted by Crippen LogP contribution is 2.51. The van der Waals surface area contributed by atoms with Gasteiger partial charge in [-0.2, -0.15) is 0 Å². The molecule has 10 aromatic rings. The molecular formula is C114H160O18. The van der Waals surface area contributed by atoms with E-state index in [9.17, 15) is 0 Å². The van der Waals surface area contributed by atoms with Crippen LogP contribution in [0, 0.1) is 0 Å². The Morgan fingerprint density at radius 3 is 0.561 bits per heavy atom. The zero-order valence-corrected chi connectivity index (χ0v) is 82.3. The van der Waals surface area contributed by atoms with Gasteiger partial charge in [-0.1, -0.05) is 222 Å². The fourth-order valence-electron chi connectivity index (χ4n) is 17.3. The summed E-state index contributed by atoms with van der Waals surface area (Å²) < 4.78 is 116. The van der Waals surface area contributed by atoms with E-state index in [4.69, 9.17) is 85.3 Å². The van der Waals surface area contributed by atoms with Crippen LogP contribution in [0.5, 0.6) is 92.0 Å². The molecule has 0 atom stereocenters. The number of hydrogen-bond donors (Lipinski definition) is 0. The molecular weight excluding hydrogens is 1660 g/mol. The molecule has 18 nitrogen and oxygen atoms in total. The van der Waals surface area contributed by atoms with Crippen molar-refractivity contribution >= 4 is 64.6 Å². The lowest BCUT2D eigenvalue weighted by Crippen LogP contribution is -2.15. The summed E-state index contributed by atoms with van der Waals surface area (Å²) in [7, 11) is 3.47. The van der Waals surface area contributed by atoms with Gasteiger partial charge in [-0.3, -0.25) is 0 Å². The van der Waals surface area contributed by atoms with Crippen LogP contribution in [0.25, 0.3) is 64.6 Å². The van der Waals surface area contributed by atoms with Crippen molar-refractivity contribution in [2.45, 2.75) is 299 Å². The van der Waals surface area contributed by atoms with Gasteiger partial charge in [0, 0.05) is 0 Å². The Bertz CT molecular complexity index is 4710. The number of ether oxygens (including phenoxy) is 18. The monoisotopic (exact) mass is 1820 g/mol. The lowest BCUT2D eigenvalue weighted by molar-refractivity contribution is 0.0640. The fraction of sp³-hybridized carbons (Fsp3) is 0.579. The smallest absolute Gasteiger partial charge is 0.161 e. The Labute approximate surface area is 790 Å². The van der Waals surface area contributed by atoms with E-state index in [0.717, 1.165) is 366 Å². The van der Waals surface area contributed by atoms with Gasteiger partial charge >= 0.3 is 0 Å². The normalized spacial score (nSPS) is 12.8. The number of aryl methyl sites for hydroxylation is 2. The molecule has 11 rings (SSSR count). The number of unbranched alkanes of at least 4 members (excludes halogenated alkanes) is 26. The topological polar surface area (TPSA) is 166 Å². The van der Waals surface area contributed by atoms with E-state index in [2.05, 4.69) is 152 Å². The molecule has 0 unspecified atom stereocenters. The van der Waals surface area contributed by atoms with Gasteiger partial charge in [0.2, 0.25) is 0 Å². The van der Waals surface area contributed by atoms with Crippen molar-refractivity contribution in [3.8, 4) is 92.0 Å². The van der Waals surface area contributed by atoms with E-state index in [-0.39, 0.29) is 0 Å². The van der Waals surface area contributed by atoms with Crippen molar-refractivity contribution in [3.63, 3.8) is 0 Å². The quantitative estimate of drug-likeness (QED) is 0.0261. The number of hydrogen-bond acceptors (Lipinski definition) is 18. The average Bonchev–Trinajstić information content (AvgIpc) is 0.729. The molecule has 10 aromatic carbocycles. The van der Waals surface area contributed by atoms with Gasteiger partial charge in [0.15, 0.2) is 92.0 Å². The van der Waals surface area contributed by atoms with Crippen molar-refractivity contribution in [1.29, 1.82) is 0 Å². The van der Waals surface area contributed by atoms with Crippen LogP contribution in [-0.2, 0) is 22.3 Å². The Balaban J connectivity index is 0.640. The molecule has 0 saturated heterocycles. The van der Waals surface area contributed by atoms with E-state index in [1.165, 1.54) is 11.1 Å². The van der Waals surface area contributed by atoms with Gasteiger partial charge in [0.25, 0.3) is 0 Å². The van der Waals surface area contributed by atoms with Gasteiger partial charge in [0.1, 0.15) is 26.4 Å². The zero-order valence-electron chi connectivity index (χ0n) is 82.3. The first-order valence-corrected chi connectivity index (χ1v) is 51.5. The second-order valence-corrected chi connectivity index (χ2v) is 35.5. The van der Waals surface area contributed by atoms with E-state index >= 15 is 0 Å². The Morgan fingerprint density at radius 2 is 0.356 bits per heavy atom. The number of fused-ring (bicyclic) bond motifs is 14. The van der Waals surface area contributed by atoms with E-state index in [1.807, 2.05) is 12.1 Å². The third-order valence-electron chi connectivity index (χ3n) is 24.9. The standard InChI is InChI=1S/C114H160O18/c1-11-19-37-53-121-107-77-91-87-73-101(115-9)105(75-89(87)93-79-109(123-55-39-21-13-3)113(127-59-43-25-17-7)83-97(93)95(91)81-111(107)125-57-41-23-15-5)119-61-45-33-29-27-31-35-47-85-49-51-99-103(71-85)131-69-65-118-66-70-132-104-72-86(50-52-100(104)130-68-64-117-63-67-129-99)48-36-32-28-30-34-46-62-120-106-76-90-88(74-102(106)116-10)92-78-108(122-54-38-20-12-2)112(126-58-42-24-16-6)82-96(92)98-84-114(128-60-44-26-18-8)110(80-94(90)98)124-56-40-22-14-4/h49-52,71-84H,11-48,53-70H2,1-10H3. The molecule has 0 aliphatic carbocycles. The lowest BCUT2D eigenvalue weighted by Gasteiger charge is -2.20. The highest BCUT2D eigenvalue weighted by molar-refractivity contribution is 6.28. The lowest BCUT2D eigenvalue weighted by atomic mass is 9.93. The third kappa shape index (κ3) is 31.8.